The highest BCUT2D eigenvalue weighted by atomic mass is 31.2. The van der Waals surface area contributed by atoms with Gasteiger partial charge in [0.05, 0.1) is 0 Å². The molecule has 0 aromatic carbocycles. The fraction of sp³-hybridized carbons (Fsp3) is 0.958. The molecule has 33 heavy (non-hydrogen) atoms. The molecule has 0 aromatic heterocycles. The first-order valence-electron chi connectivity index (χ1n) is 12.7. The topological polar surface area (TPSA) is 112 Å². The van der Waals surface area contributed by atoms with Crippen LogP contribution in [0.5, 0.6) is 0 Å². The largest absolute Gasteiger partial charge is 0.472 e. The normalized spacial score (nSPS) is 13.8. The Morgan fingerprint density at radius 2 is 1.12 bits per heavy atom. The summed E-state index contributed by atoms with van der Waals surface area (Å²) in [5.74, 6) is -1.43. The summed E-state index contributed by atoms with van der Waals surface area (Å²) in [6.45, 7) is 2.21. The van der Waals surface area contributed by atoms with Crippen molar-refractivity contribution in [1.29, 1.82) is 0 Å². The van der Waals surface area contributed by atoms with Crippen molar-refractivity contribution in [2.24, 2.45) is 0 Å². The fourth-order valence-corrected chi connectivity index (χ4v) is 4.06. The summed E-state index contributed by atoms with van der Waals surface area (Å²) in [6.07, 6.45) is 20.8. The van der Waals surface area contributed by atoms with E-state index in [0.29, 0.717) is 6.61 Å². The molecule has 0 fully saturated rings. The van der Waals surface area contributed by atoms with Crippen LogP contribution >= 0.6 is 7.60 Å². The van der Waals surface area contributed by atoms with Gasteiger partial charge >= 0.3 is 13.3 Å². The number of rotatable bonds is 25. The zero-order valence-electron chi connectivity index (χ0n) is 21.2. The molecule has 0 heterocycles. The van der Waals surface area contributed by atoms with Crippen molar-refractivity contribution in [2.45, 2.75) is 115 Å². The van der Waals surface area contributed by atoms with E-state index in [-0.39, 0.29) is 6.61 Å². The Balaban J connectivity index is 3.61. The van der Waals surface area contributed by atoms with Gasteiger partial charge in [-0.2, -0.15) is 0 Å². The molecule has 1 atom stereocenters. The van der Waals surface area contributed by atoms with Crippen LogP contribution in [0.25, 0.3) is 0 Å². The maximum Gasteiger partial charge on any atom is 0.435 e. The number of methoxy groups -OCH3 is 2. The van der Waals surface area contributed by atoms with Gasteiger partial charge in [0.1, 0.15) is 13.2 Å². The van der Waals surface area contributed by atoms with Crippen LogP contribution in [-0.4, -0.2) is 55.5 Å². The van der Waals surface area contributed by atoms with E-state index < -0.39 is 25.7 Å². The molecule has 0 rings (SSSR count). The van der Waals surface area contributed by atoms with Crippen molar-refractivity contribution in [1.82, 2.24) is 0 Å². The van der Waals surface area contributed by atoms with E-state index in [0.717, 1.165) is 12.8 Å². The van der Waals surface area contributed by atoms with Crippen LogP contribution in [0.2, 0.25) is 0 Å². The molecule has 0 aliphatic rings. The van der Waals surface area contributed by atoms with Crippen molar-refractivity contribution in [3.8, 4) is 0 Å². The summed E-state index contributed by atoms with van der Waals surface area (Å²) in [6, 6.07) is 0. The summed E-state index contributed by atoms with van der Waals surface area (Å²) in [5, 5.41) is 8.67. The number of unbranched alkanes of at least 4 members (excludes halogenated alkanes) is 15. The second-order valence-electron chi connectivity index (χ2n) is 8.75. The van der Waals surface area contributed by atoms with Crippen LogP contribution in [0.1, 0.15) is 110 Å². The van der Waals surface area contributed by atoms with Crippen LogP contribution in [0.3, 0.4) is 0 Å². The predicted molar refractivity (Wildman–Crippen MR) is 131 cm³/mol. The van der Waals surface area contributed by atoms with Crippen LogP contribution in [0, 0.1) is 0 Å². The van der Waals surface area contributed by atoms with Crippen molar-refractivity contribution >= 4 is 13.3 Å². The quantitative estimate of drug-likeness (QED) is 0.0779. The summed E-state index contributed by atoms with van der Waals surface area (Å²) in [5.41, 5.74) is -1.92. The third-order valence-electron chi connectivity index (χ3n) is 5.91. The lowest BCUT2D eigenvalue weighted by molar-refractivity contribution is -0.248. The SMILES string of the molecule is CCCCCCCCCCCCCCCCCCOCC(COP(=O)(O)C(=O)O)(OC)OC. The van der Waals surface area contributed by atoms with E-state index in [4.69, 9.17) is 19.3 Å². The molecule has 198 valence electrons. The summed E-state index contributed by atoms with van der Waals surface area (Å²) >= 11 is 0. The summed E-state index contributed by atoms with van der Waals surface area (Å²) < 4.78 is 32.0. The Labute approximate surface area is 201 Å². The highest BCUT2D eigenvalue weighted by molar-refractivity contribution is 7.70. The first-order valence-corrected chi connectivity index (χ1v) is 14.3. The molecule has 0 amide bonds. The van der Waals surface area contributed by atoms with Crippen LogP contribution in [0.15, 0.2) is 0 Å². The first kappa shape index (κ1) is 32.5. The molecule has 0 saturated heterocycles. The molecule has 8 nitrogen and oxygen atoms in total. The Morgan fingerprint density at radius 1 is 0.727 bits per heavy atom. The Hall–Kier alpha value is -0.500. The molecule has 9 heteroatoms. The molecule has 0 aromatic rings. The van der Waals surface area contributed by atoms with E-state index in [1.54, 1.807) is 0 Å². The van der Waals surface area contributed by atoms with Crippen LogP contribution in [0.4, 0.5) is 4.79 Å². The Kier molecular flexibility index (Phi) is 20.5. The second kappa shape index (κ2) is 20.8. The van der Waals surface area contributed by atoms with E-state index >= 15 is 0 Å². The minimum absolute atomic E-state index is 0.0294. The van der Waals surface area contributed by atoms with Crippen LogP contribution in [-0.2, 0) is 23.3 Å². The molecule has 0 spiro atoms. The summed E-state index contributed by atoms with van der Waals surface area (Å²) in [4.78, 5) is 20.0. The highest BCUT2D eigenvalue weighted by Crippen LogP contribution is 2.43. The van der Waals surface area contributed by atoms with E-state index in [1.165, 1.54) is 104 Å². The first-order chi connectivity index (χ1) is 15.8. The molecule has 2 N–H and O–H groups in total. The van der Waals surface area contributed by atoms with E-state index in [9.17, 15) is 14.3 Å². The fourth-order valence-electron chi connectivity index (χ4n) is 3.58. The lowest BCUT2D eigenvalue weighted by Crippen LogP contribution is -2.43. The van der Waals surface area contributed by atoms with Crippen LogP contribution < -0.4 is 0 Å². The van der Waals surface area contributed by atoms with Gasteiger partial charge in [0.15, 0.2) is 0 Å². The van der Waals surface area contributed by atoms with E-state index in [1.807, 2.05) is 0 Å². The zero-order valence-corrected chi connectivity index (χ0v) is 22.1. The molecule has 0 bridgehead atoms. The van der Waals surface area contributed by atoms with Gasteiger partial charge < -0.3 is 24.2 Å². The number of hydrogen-bond donors (Lipinski definition) is 2. The predicted octanol–water partition coefficient (Wildman–Crippen LogP) is 7.13. The number of carbonyl (C=O) groups is 1. The molecule has 0 aliphatic heterocycles. The van der Waals surface area contributed by atoms with Crippen molar-refractivity contribution in [3.63, 3.8) is 0 Å². The third kappa shape index (κ3) is 17.6. The van der Waals surface area contributed by atoms with Gasteiger partial charge in [0, 0.05) is 20.8 Å². The summed E-state index contributed by atoms with van der Waals surface area (Å²) in [7, 11) is -2.08. The van der Waals surface area contributed by atoms with Gasteiger partial charge in [-0.25, -0.2) is 9.36 Å². The van der Waals surface area contributed by atoms with Gasteiger partial charge in [0.25, 0.3) is 0 Å². The number of ether oxygens (including phenoxy) is 3. The van der Waals surface area contributed by atoms with Gasteiger partial charge in [-0.1, -0.05) is 103 Å². The zero-order chi connectivity index (χ0) is 24.8. The van der Waals surface area contributed by atoms with Crippen molar-refractivity contribution < 1.29 is 38.1 Å². The number of hydrogen-bond acceptors (Lipinski definition) is 6. The molecular weight excluding hydrogens is 447 g/mol. The number of carboxylic acid groups (broad SMARTS) is 1. The van der Waals surface area contributed by atoms with Gasteiger partial charge in [0.2, 0.25) is 5.79 Å². The Morgan fingerprint density at radius 3 is 1.48 bits per heavy atom. The minimum atomic E-state index is -4.76. The Bertz CT molecular complexity index is 511. The monoisotopic (exact) mass is 496 g/mol. The lowest BCUT2D eigenvalue weighted by Gasteiger charge is -2.30. The standard InChI is InChI=1S/C24H49O8P/c1-4-5-6-7-8-9-10-11-12-13-14-15-16-17-18-19-20-31-21-24(29-2,30-3)22-32-33(27,28)23(25)26/h4-22H2,1-3H3,(H,25,26)(H,27,28). The average Bonchev–Trinajstić information content (AvgIpc) is 2.80. The molecule has 0 radical (unpaired) electrons. The van der Waals surface area contributed by atoms with Crippen molar-refractivity contribution in [3.05, 3.63) is 0 Å². The third-order valence-corrected chi connectivity index (χ3v) is 6.87. The smallest absolute Gasteiger partial charge is 0.435 e. The van der Waals surface area contributed by atoms with Crippen molar-refractivity contribution in [2.75, 3.05) is 34.0 Å². The molecule has 1 unspecified atom stereocenters. The maximum absolute atomic E-state index is 11.4. The maximum atomic E-state index is 11.4. The second-order valence-corrected chi connectivity index (χ2v) is 10.4. The highest BCUT2D eigenvalue weighted by Gasteiger charge is 2.38. The van der Waals surface area contributed by atoms with E-state index in [2.05, 4.69) is 11.4 Å². The van der Waals surface area contributed by atoms with Gasteiger partial charge in [-0.15, -0.1) is 0 Å². The minimum Gasteiger partial charge on any atom is -0.472 e. The molecule has 0 aliphatic carbocycles. The molecular formula is C24H49O8P. The average molecular weight is 497 g/mol. The van der Waals surface area contributed by atoms with Gasteiger partial charge in [-0.05, 0) is 6.42 Å². The van der Waals surface area contributed by atoms with Gasteiger partial charge in [-0.3, -0.25) is 4.52 Å². The lowest BCUT2D eigenvalue weighted by atomic mass is 10.0. The molecule has 0 saturated carbocycles.